The third kappa shape index (κ3) is 8.07. The number of likely N-dealkylation sites (N-methyl/N-ethyl adjacent to an activating group) is 1. The second-order valence-corrected chi connectivity index (χ2v) is 6.94. The summed E-state index contributed by atoms with van der Waals surface area (Å²) in [7, 11) is 1.54. The molecule has 1 N–H and O–H groups in total. The van der Waals surface area contributed by atoms with E-state index in [0.29, 0.717) is 12.2 Å². The molecule has 0 saturated heterocycles. The predicted octanol–water partition coefficient (Wildman–Crippen LogP) is 2.39. The van der Waals surface area contributed by atoms with Crippen LogP contribution in [0.1, 0.15) is 25.0 Å². The van der Waals surface area contributed by atoms with Crippen molar-refractivity contribution in [2.75, 3.05) is 26.0 Å². The zero-order valence-electron chi connectivity index (χ0n) is 15.2. The number of ether oxygens (including phenoxy) is 1. The highest BCUT2D eigenvalue weighted by Gasteiger charge is 2.19. The molecule has 0 bridgehead atoms. The fraction of sp³-hybridized carbons (Fsp3) is 0.500. The molecular formula is C18H26N2O4S. The summed E-state index contributed by atoms with van der Waals surface area (Å²) in [5.41, 5.74) is 2.25. The number of urea groups is 1. The van der Waals surface area contributed by atoms with Gasteiger partial charge in [0, 0.05) is 25.8 Å². The smallest absolute Gasteiger partial charge is 0.325 e. The van der Waals surface area contributed by atoms with Crippen molar-refractivity contribution in [2.24, 2.45) is 0 Å². The Morgan fingerprint density at radius 2 is 1.96 bits per heavy atom. The van der Waals surface area contributed by atoms with Crippen molar-refractivity contribution in [3.8, 4) is 0 Å². The van der Waals surface area contributed by atoms with Gasteiger partial charge in [-0.3, -0.25) is 9.59 Å². The van der Waals surface area contributed by atoms with E-state index in [4.69, 9.17) is 4.74 Å². The number of esters is 1. The molecular weight excluding hydrogens is 340 g/mol. The third-order valence-electron chi connectivity index (χ3n) is 3.56. The molecule has 0 spiro atoms. The molecule has 1 aromatic rings. The van der Waals surface area contributed by atoms with Crippen molar-refractivity contribution in [2.45, 2.75) is 33.2 Å². The number of hydrogen-bond acceptors (Lipinski definition) is 5. The van der Waals surface area contributed by atoms with Crippen molar-refractivity contribution in [1.82, 2.24) is 10.2 Å². The van der Waals surface area contributed by atoms with Crippen LogP contribution in [0.25, 0.3) is 0 Å². The maximum Gasteiger partial charge on any atom is 0.325 e. The van der Waals surface area contributed by atoms with Crippen LogP contribution < -0.4 is 5.32 Å². The number of hydrogen-bond donors (Lipinski definition) is 1. The van der Waals surface area contributed by atoms with E-state index in [2.05, 4.69) is 5.32 Å². The maximum absolute atomic E-state index is 12.3. The highest BCUT2D eigenvalue weighted by atomic mass is 32.2. The van der Waals surface area contributed by atoms with E-state index in [1.165, 1.54) is 30.6 Å². The van der Waals surface area contributed by atoms with E-state index in [0.717, 1.165) is 11.1 Å². The third-order valence-corrected chi connectivity index (χ3v) is 4.54. The zero-order chi connectivity index (χ0) is 18.8. The van der Waals surface area contributed by atoms with Crippen LogP contribution in [0, 0.1) is 6.92 Å². The Morgan fingerprint density at radius 1 is 1.28 bits per heavy atom. The lowest BCUT2D eigenvalue weighted by Gasteiger charge is -2.23. The largest absolute Gasteiger partial charge is 0.465 e. The number of carbonyl (C=O) groups is 3. The van der Waals surface area contributed by atoms with E-state index in [-0.39, 0.29) is 30.3 Å². The Kier molecular flexibility index (Phi) is 9.05. The number of nitrogens with one attached hydrogen (secondary N) is 1. The van der Waals surface area contributed by atoms with Crippen LogP contribution in [-0.2, 0) is 20.7 Å². The predicted molar refractivity (Wildman–Crippen MR) is 99.6 cm³/mol. The van der Waals surface area contributed by atoms with E-state index in [9.17, 15) is 14.4 Å². The highest BCUT2D eigenvalue weighted by Crippen LogP contribution is 2.13. The normalized spacial score (nSPS) is 11.5. The van der Waals surface area contributed by atoms with Gasteiger partial charge in [0.05, 0.1) is 6.61 Å². The Hall–Kier alpha value is -2.02. The van der Waals surface area contributed by atoms with Crippen LogP contribution >= 0.6 is 11.8 Å². The van der Waals surface area contributed by atoms with Gasteiger partial charge in [0.1, 0.15) is 6.54 Å². The molecule has 138 valence electrons. The average Bonchev–Trinajstić information content (AvgIpc) is 2.54. The van der Waals surface area contributed by atoms with Crippen LogP contribution in [0.2, 0.25) is 0 Å². The van der Waals surface area contributed by atoms with Gasteiger partial charge in [0.2, 0.25) is 0 Å². The first-order valence-electron chi connectivity index (χ1n) is 8.18. The van der Waals surface area contributed by atoms with Crippen LogP contribution in [0.15, 0.2) is 24.3 Å². The Balaban J connectivity index is 2.72. The number of carbonyl (C=O) groups excluding carboxylic acids is 3. The van der Waals surface area contributed by atoms with Gasteiger partial charge >= 0.3 is 12.0 Å². The lowest BCUT2D eigenvalue weighted by molar-refractivity contribution is -0.143. The molecule has 6 nitrogen and oxygen atoms in total. The van der Waals surface area contributed by atoms with Gasteiger partial charge in [-0.2, -0.15) is 0 Å². The van der Waals surface area contributed by atoms with E-state index in [1.54, 1.807) is 6.92 Å². The molecule has 0 aliphatic rings. The van der Waals surface area contributed by atoms with Crippen LogP contribution in [-0.4, -0.2) is 54.0 Å². The van der Waals surface area contributed by atoms with E-state index in [1.807, 2.05) is 31.2 Å². The fourth-order valence-electron chi connectivity index (χ4n) is 2.23. The first kappa shape index (κ1) is 21.0. The average molecular weight is 366 g/mol. The summed E-state index contributed by atoms with van der Waals surface area (Å²) in [6.07, 6.45) is 0.617. The van der Waals surface area contributed by atoms with Gasteiger partial charge in [-0.25, -0.2) is 4.79 Å². The molecule has 0 saturated carbocycles. The minimum atomic E-state index is -0.450. The first-order valence-corrected chi connectivity index (χ1v) is 9.17. The van der Waals surface area contributed by atoms with Gasteiger partial charge in [0.15, 0.2) is 5.12 Å². The number of benzene rings is 1. The summed E-state index contributed by atoms with van der Waals surface area (Å²) in [6, 6.07) is 7.35. The molecule has 1 rings (SSSR count). The molecule has 7 heteroatoms. The number of aryl methyl sites for hydroxylation is 1. The number of nitrogens with zero attached hydrogens (tertiary/aromatic N) is 1. The molecule has 0 heterocycles. The standard InChI is InChI=1S/C18H26N2O4S/c1-5-24-17(22)11-20(4)18(23)19-16(12-25-14(3)21)10-15-9-7-6-8-13(15)2/h6-9,16H,5,10-12H2,1-4H3,(H,19,23). The van der Waals surface area contributed by atoms with Crippen LogP contribution in [0.3, 0.4) is 0 Å². The van der Waals surface area contributed by atoms with Gasteiger partial charge in [-0.05, 0) is 31.4 Å². The molecule has 0 aliphatic carbocycles. The van der Waals surface area contributed by atoms with Crippen molar-refractivity contribution < 1.29 is 19.1 Å². The van der Waals surface area contributed by atoms with Crippen molar-refractivity contribution in [3.63, 3.8) is 0 Å². The summed E-state index contributed by atoms with van der Waals surface area (Å²) in [4.78, 5) is 36.4. The summed E-state index contributed by atoms with van der Waals surface area (Å²) in [5.74, 6) is 0.0246. The minimum absolute atomic E-state index is 0.00362. The second kappa shape index (κ2) is 10.8. The summed E-state index contributed by atoms with van der Waals surface area (Å²) >= 11 is 1.18. The monoisotopic (exact) mass is 366 g/mol. The Labute approximate surface area is 153 Å². The molecule has 0 radical (unpaired) electrons. The lowest BCUT2D eigenvalue weighted by Crippen LogP contribution is -2.47. The van der Waals surface area contributed by atoms with E-state index < -0.39 is 5.97 Å². The van der Waals surface area contributed by atoms with E-state index >= 15 is 0 Å². The molecule has 1 aromatic carbocycles. The Morgan fingerprint density at radius 3 is 2.56 bits per heavy atom. The van der Waals surface area contributed by atoms with Crippen molar-refractivity contribution in [3.05, 3.63) is 35.4 Å². The summed E-state index contributed by atoms with van der Waals surface area (Å²) in [6.45, 7) is 5.40. The lowest BCUT2D eigenvalue weighted by atomic mass is 10.0. The number of thioether (sulfide) groups is 1. The van der Waals surface area contributed by atoms with Crippen LogP contribution in [0.4, 0.5) is 4.79 Å². The highest BCUT2D eigenvalue weighted by molar-refractivity contribution is 8.13. The zero-order valence-corrected chi connectivity index (χ0v) is 16.0. The first-order chi connectivity index (χ1) is 11.8. The van der Waals surface area contributed by atoms with Crippen molar-refractivity contribution >= 4 is 28.9 Å². The Bertz CT molecular complexity index is 606. The van der Waals surface area contributed by atoms with Gasteiger partial charge in [-0.15, -0.1) is 0 Å². The SMILES string of the molecule is CCOC(=O)CN(C)C(=O)NC(CSC(C)=O)Cc1ccccc1C. The van der Waals surface area contributed by atoms with Gasteiger partial charge in [0.25, 0.3) is 0 Å². The summed E-state index contributed by atoms with van der Waals surface area (Å²) in [5, 5.41) is 2.91. The number of amides is 2. The molecule has 0 aliphatic heterocycles. The molecule has 1 unspecified atom stereocenters. The van der Waals surface area contributed by atoms with Crippen molar-refractivity contribution in [1.29, 1.82) is 0 Å². The molecule has 2 amide bonds. The molecule has 25 heavy (non-hydrogen) atoms. The van der Waals surface area contributed by atoms with Gasteiger partial charge < -0.3 is 15.0 Å². The quantitative estimate of drug-likeness (QED) is 0.715. The number of rotatable bonds is 8. The van der Waals surface area contributed by atoms with Gasteiger partial charge in [-0.1, -0.05) is 36.0 Å². The minimum Gasteiger partial charge on any atom is -0.465 e. The maximum atomic E-state index is 12.3. The molecule has 1 atom stereocenters. The fourth-order valence-corrected chi connectivity index (χ4v) is 2.87. The second-order valence-electron chi connectivity index (χ2n) is 5.74. The van der Waals surface area contributed by atoms with Crippen LogP contribution in [0.5, 0.6) is 0 Å². The molecule has 0 fully saturated rings. The topological polar surface area (TPSA) is 75.7 Å². The molecule has 0 aromatic heterocycles. The summed E-state index contributed by atoms with van der Waals surface area (Å²) < 4.78 is 4.85.